The Kier molecular flexibility index (Phi) is 4.42. The molecule has 3 nitrogen and oxygen atoms in total. The Bertz CT molecular complexity index is 522. The van der Waals surface area contributed by atoms with Crippen molar-refractivity contribution in [3.8, 4) is 0 Å². The maximum absolute atomic E-state index is 14.1. The molecule has 2 N–H and O–H groups in total. The Labute approximate surface area is 125 Å². The maximum Gasteiger partial charge on any atom is 0.224 e. The molecule has 114 valence electrons. The zero-order valence-corrected chi connectivity index (χ0v) is 12.4. The van der Waals surface area contributed by atoms with Gasteiger partial charge in [-0.05, 0) is 42.9 Å². The van der Waals surface area contributed by atoms with E-state index in [0.717, 1.165) is 17.8 Å². The molecule has 1 aliphatic heterocycles. The number of carbonyl (C=O) groups is 1. The van der Waals surface area contributed by atoms with Crippen LogP contribution in [-0.4, -0.2) is 12.5 Å². The number of benzene rings is 1. The van der Waals surface area contributed by atoms with Crippen LogP contribution in [0.2, 0.25) is 0 Å². The molecule has 1 amide bonds. The van der Waals surface area contributed by atoms with Gasteiger partial charge in [0.2, 0.25) is 5.91 Å². The molecule has 1 fully saturated rings. The van der Waals surface area contributed by atoms with Crippen molar-refractivity contribution in [2.45, 2.75) is 51.4 Å². The van der Waals surface area contributed by atoms with Crippen molar-refractivity contribution >= 4 is 17.3 Å². The van der Waals surface area contributed by atoms with Crippen LogP contribution in [-0.2, 0) is 11.2 Å². The van der Waals surface area contributed by atoms with Crippen molar-refractivity contribution in [1.82, 2.24) is 0 Å². The second-order valence-electron chi connectivity index (χ2n) is 6.28. The minimum Gasteiger partial charge on any atom is -0.382 e. The van der Waals surface area contributed by atoms with Crippen LogP contribution in [0.5, 0.6) is 0 Å². The van der Waals surface area contributed by atoms with Crippen molar-refractivity contribution < 1.29 is 9.18 Å². The molecule has 1 saturated carbocycles. The van der Waals surface area contributed by atoms with E-state index in [4.69, 9.17) is 0 Å². The van der Waals surface area contributed by atoms with Crippen LogP contribution in [0.4, 0.5) is 15.8 Å². The molecular weight excluding hydrogens is 267 g/mol. The first kappa shape index (κ1) is 14.4. The molecule has 1 aromatic rings. The van der Waals surface area contributed by atoms with E-state index in [-0.39, 0.29) is 11.7 Å². The van der Waals surface area contributed by atoms with Crippen LogP contribution in [0, 0.1) is 11.7 Å². The highest BCUT2D eigenvalue weighted by Crippen LogP contribution is 2.29. The van der Waals surface area contributed by atoms with E-state index in [2.05, 4.69) is 10.6 Å². The Balaban J connectivity index is 1.67. The van der Waals surface area contributed by atoms with E-state index >= 15 is 0 Å². The number of aryl methyl sites for hydroxylation is 1. The van der Waals surface area contributed by atoms with Gasteiger partial charge in [0.1, 0.15) is 5.82 Å². The molecular formula is C17H23FN2O. The summed E-state index contributed by atoms with van der Waals surface area (Å²) in [6.07, 6.45) is 8.77. The Morgan fingerprint density at radius 3 is 2.67 bits per heavy atom. The van der Waals surface area contributed by atoms with Gasteiger partial charge in [0.25, 0.3) is 0 Å². The van der Waals surface area contributed by atoms with Gasteiger partial charge in [-0.25, -0.2) is 4.39 Å². The summed E-state index contributed by atoms with van der Waals surface area (Å²) >= 11 is 0. The normalized spacial score (nSPS) is 19.6. The number of halogens is 1. The molecule has 0 saturated heterocycles. The summed E-state index contributed by atoms with van der Waals surface area (Å²) in [5, 5.41) is 6.08. The molecule has 0 radical (unpaired) electrons. The fourth-order valence-corrected chi connectivity index (χ4v) is 3.36. The van der Waals surface area contributed by atoms with Gasteiger partial charge >= 0.3 is 0 Å². The first-order chi connectivity index (χ1) is 10.2. The predicted octanol–water partition coefficient (Wildman–Crippen LogP) is 4.09. The average molecular weight is 290 g/mol. The Morgan fingerprint density at radius 1 is 1.14 bits per heavy atom. The fourth-order valence-electron chi connectivity index (χ4n) is 3.36. The highest BCUT2D eigenvalue weighted by atomic mass is 19.1. The van der Waals surface area contributed by atoms with Gasteiger partial charge in [-0.3, -0.25) is 4.79 Å². The number of hydrogen-bond donors (Lipinski definition) is 2. The van der Waals surface area contributed by atoms with Crippen molar-refractivity contribution in [3.63, 3.8) is 0 Å². The minimum absolute atomic E-state index is 0.0174. The fraction of sp³-hybridized carbons (Fsp3) is 0.588. The maximum atomic E-state index is 14.1. The standard InChI is InChI=1S/C17H23FN2O/c18-14-9-13-7-8-17(21)20-15(13)10-16(14)19-11-12-5-3-1-2-4-6-12/h9-10,12,19H,1-8,11H2,(H,20,21). The summed E-state index contributed by atoms with van der Waals surface area (Å²) in [5.74, 6) is 0.444. The zero-order valence-electron chi connectivity index (χ0n) is 12.4. The number of rotatable bonds is 3. The first-order valence-corrected chi connectivity index (χ1v) is 8.08. The molecule has 0 unspecified atom stereocenters. The molecule has 0 aromatic heterocycles. The van der Waals surface area contributed by atoms with Crippen molar-refractivity contribution in [1.29, 1.82) is 0 Å². The van der Waals surface area contributed by atoms with Crippen LogP contribution in [0.3, 0.4) is 0 Å². The third-order valence-electron chi connectivity index (χ3n) is 4.64. The van der Waals surface area contributed by atoms with Gasteiger partial charge in [0, 0.05) is 18.7 Å². The SMILES string of the molecule is O=C1CCc2cc(F)c(NCC3CCCCCC3)cc2N1. The number of hydrogen-bond acceptors (Lipinski definition) is 2. The van der Waals surface area contributed by atoms with Crippen molar-refractivity contribution in [2.75, 3.05) is 17.2 Å². The summed E-state index contributed by atoms with van der Waals surface area (Å²) < 4.78 is 14.1. The van der Waals surface area contributed by atoms with Gasteiger partial charge in [0.05, 0.1) is 5.69 Å². The zero-order chi connectivity index (χ0) is 14.7. The van der Waals surface area contributed by atoms with Gasteiger partial charge in [-0.1, -0.05) is 25.7 Å². The summed E-state index contributed by atoms with van der Waals surface area (Å²) in [6, 6.07) is 3.31. The molecule has 21 heavy (non-hydrogen) atoms. The van der Waals surface area contributed by atoms with Gasteiger partial charge in [-0.15, -0.1) is 0 Å². The van der Waals surface area contributed by atoms with Crippen molar-refractivity contribution in [2.24, 2.45) is 5.92 Å². The van der Waals surface area contributed by atoms with Gasteiger partial charge < -0.3 is 10.6 Å². The lowest BCUT2D eigenvalue weighted by molar-refractivity contribution is -0.116. The van der Waals surface area contributed by atoms with Gasteiger partial charge in [-0.2, -0.15) is 0 Å². The topological polar surface area (TPSA) is 41.1 Å². The smallest absolute Gasteiger partial charge is 0.224 e. The quantitative estimate of drug-likeness (QED) is 0.823. The number of fused-ring (bicyclic) bond motifs is 1. The summed E-state index contributed by atoms with van der Waals surface area (Å²) in [6.45, 7) is 0.823. The summed E-state index contributed by atoms with van der Waals surface area (Å²) in [7, 11) is 0. The Hall–Kier alpha value is -1.58. The van der Waals surface area contributed by atoms with E-state index in [9.17, 15) is 9.18 Å². The molecule has 3 rings (SSSR count). The second-order valence-corrected chi connectivity index (χ2v) is 6.28. The molecule has 1 aliphatic carbocycles. The van der Waals surface area contributed by atoms with Crippen LogP contribution in [0.15, 0.2) is 12.1 Å². The third-order valence-corrected chi connectivity index (χ3v) is 4.64. The van der Waals surface area contributed by atoms with E-state index in [1.54, 1.807) is 12.1 Å². The van der Waals surface area contributed by atoms with E-state index < -0.39 is 0 Å². The summed E-state index contributed by atoms with van der Waals surface area (Å²) in [5.41, 5.74) is 2.17. The summed E-state index contributed by atoms with van der Waals surface area (Å²) in [4.78, 5) is 11.4. The average Bonchev–Trinajstić information content (AvgIpc) is 2.74. The first-order valence-electron chi connectivity index (χ1n) is 8.08. The molecule has 1 heterocycles. The number of anilines is 2. The van der Waals surface area contributed by atoms with Crippen LogP contribution < -0.4 is 10.6 Å². The van der Waals surface area contributed by atoms with E-state index in [1.165, 1.54) is 38.5 Å². The van der Waals surface area contributed by atoms with E-state index in [1.807, 2.05) is 0 Å². The molecule has 0 atom stereocenters. The van der Waals surface area contributed by atoms with Gasteiger partial charge in [0.15, 0.2) is 0 Å². The Morgan fingerprint density at radius 2 is 1.90 bits per heavy atom. The van der Waals surface area contributed by atoms with Crippen LogP contribution >= 0.6 is 0 Å². The van der Waals surface area contributed by atoms with E-state index in [0.29, 0.717) is 24.4 Å². The van der Waals surface area contributed by atoms with Crippen LogP contribution in [0.1, 0.15) is 50.5 Å². The molecule has 1 aromatic carbocycles. The third kappa shape index (κ3) is 3.55. The molecule has 0 bridgehead atoms. The molecule has 2 aliphatic rings. The number of amides is 1. The number of nitrogens with one attached hydrogen (secondary N) is 2. The predicted molar refractivity (Wildman–Crippen MR) is 83.0 cm³/mol. The lowest BCUT2D eigenvalue weighted by Gasteiger charge is -2.20. The minimum atomic E-state index is -0.210. The lowest BCUT2D eigenvalue weighted by Crippen LogP contribution is -2.20. The number of carbonyl (C=O) groups excluding carboxylic acids is 1. The molecule has 0 spiro atoms. The van der Waals surface area contributed by atoms with Crippen molar-refractivity contribution in [3.05, 3.63) is 23.5 Å². The highest BCUT2D eigenvalue weighted by molar-refractivity contribution is 5.94. The second kappa shape index (κ2) is 6.46. The monoisotopic (exact) mass is 290 g/mol. The highest BCUT2D eigenvalue weighted by Gasteiger charge is 2.18. The van der Waals surface area contributed by atoms with Crippen LogP contribution in [0.25, 0.3) is 0 Å². The largest absolute Gasteiger partial charge is 0.382 e. The molecule has 4 heteroatoms. The lowest BCUT2D eigenvalue weighted by atomic mass is 9.99.